The van der Waals surface area contributed by atoms with Crippen molar-refractivity contribution in [1.29, 1.82) is 0 Å². The lowest BCUT2D eigenvalue weighted by atomic mass is 10.1. The minimum Gasteiger partial charge on any atom is -0.464 e. The molecular formula is C24H27N3O3. The number of carbonyl (C=O) groups excluding carboxylic acids is 2. The van der Waals surface area contributed by atoms with E-state index in [1.165, 1.54) is 5.56 Å². The molecule has 0 aliphatic carbocycles. The van der Waals surface area contributed by atoms with Gasteiger partial charge in [-0.15, -0.1) is 0 Å². The predicted octanol–water partition coefficient (Wildman–Crippen LogP) is 3.41. The van der Waals surface area contributed by atoms with E-state index >= 15 is 0 Å². The molecule has 6 nitrogen and oxygen atoms in total. The average molecular weight is 405 g/mol. The number of aromatic nitrogens is 2. The van der Waals surface area contributed by atoms with E-state index in [0.29, 0.717) is 25.8 Å². The molecule has 156 valence electrons. The first-order valence-corrected chi connectivity index (χ1v) is 10.2. The minimum atomic E-state index is -0.281. The van der Waals surface area contributed by atoms with E-state index in [-0.39, 0.29) is 24.9 Å². The Hall–Kier alpha value is -3.41. The zero-order chi connectivity index (χ0) is 21.2. The quantitative estimate of drug-likeness (QED) is 0.414. The van der Waals surface area contributed by atoms with Crippen molar-refractivity contribution in [3.05, 3.63) is 83.7 Å². The number of hydrogen-bond donors (Lipinski definition) is 1. The van der Waals surface area contributed by atoms with Crippen LogP contribution in [0.4, 0.5) is 0 Å². The zero-order valence-electron chi connectivity index (χ0n) is 17.2. The van der Waals surface area contributed by atoms with Crippen LogP contribution in [0.3, 0.4) is 0 Å². The van der Waals surface area contributed by atoms with Crippen LogP contribution < -0.4 is 5.32 Å². The van der Waals surface area contributed by atoms with Crippen LogP contribution in [0.2, 0.25) is 0 Å². The van der Waals surface area contributed by atoms with Crippen molar-refractivity contribution < 1.29 is 14.3 Å². The summed E-state index contributed by atoms with van der Waals surface area (Å²) in [6, 6.07) is 18.0. The number of nitrogens with zero attached hydrogens (tertiary/aromatic N) is 2. The van der Waals surface area contributed by atoms with Crippen LogP contribution in [0.15, 0.2) is 67.0 Å². The van der Waals surface area contributed by atoms with Gasteiger partial charge in [-0.05, 0) is 43.0 Å². The van der Waals surface area contributed by atoms with Gasteiger partial charge in [0.25, 0.3) is 0 Å². The van der Waals surface area contributed by atoms with Crippen LogP contribution in [-0.2, 0) is 27.2 Å². The summed E-state index contributed by atoms with van der Waals surface area (Å²) >= 11 is 0. The maximum Gasteiger partial charge on any atom is 0.306 e. The third-order valence-electron chi connectivity index (χ3n) is 4.72. The van der Waals surface area contributed by atoms with Crippen LogP contribution in [-0.4, -0.2) is 34.8 Å². The van der Waals surface area contributed by atoms with Gasteiger partial charge in [-0.3, -0.25) is 9.59 Å². The first kappa shape index (κ1) is 21.3. The molecule has 3 rings (SSSR count). The second kappa shape index (κ2) is 11.0. The SMILES string of the molecule is Cc1ccc(CCC(=O)NCCOC(=O)CCc2cnn(-c3ccccc3)c2)cc1. The summed E-state index contributed by atoms with van der Waals surface area (Å²) in [4.78, 5) is 23.8. The molecule has 0 fully saturated rings. The molecule has 0 aliphatic heterocycles. The van der Waals surface area contributed by atoms with Gasteiger partial charge in [0.05, 0.1) is 18.4 Å². The van der Waals surface area contributed by atoms with Crippen molar-refractivity contribution >= 4 is 11.9 Å². The first-order valence-electron chi connectivity index (χ1n) is 10.2. The predicted molar refractivity (Wildman–Crippen MR) is 115 cm³/mol. The molecule has 1 N–H and O–H groups in total. The lowest BCUT2D eigenvalue weighted by molar-refractivity contribution is -0.143. The molecule has 1 aromatic heterocycles. The van der Waals surface area contributed by atoms with E-state index < -0.39 is 0 Å². The normalized spacial score (nSPS) is 10.6. The number of amides is 1. The first-order chi connectivity index (χ1) is 14.6. The summed E-state index contributed by atoms with van der Waals surface area (Å²) in [5, 5.41) is 7.11. The highest BCUT2D eigenvalue weighted by atomic mass is 16.5. The van der Waals surface area contributed by atoms with Crippen LogP contribution in [0.5, 0.6) is 0 Å². The monoisotopic (exact) mass is 405 g/mol. The number of hydrogen-bond acceptors (Lipinski definition) is 4. The summed E-state index contributed by atoms with van der Waals surface area (Å²) < 4.78 is 6.99. The Kier molecular flexibility index (Phi) is 7.78. The Bertz CT molecular complexity index is 949. The molecular weight excluding hydrogens is 378 g/mol. The van der Waals surface area contributed by atoms with E-state index in [4.69, 9.17) is 4.74 Å². The summed E-state index contributed by atoms with van der Waals surface area (Å²) in [5.41, 5.74) is 4.29. The van der Waals surface area contributed by atoms with Crippen LogP contribution in [0.1, 0.15) is 29.5 Å². The number of para-hydroxylation sites is 1. The molecule has 0 bridgehead atoms. The highest BCUT2D eigenvalue weighted by molar-refractivity contribution is 5.76. The van der Waals surface area contributed by atoms with Gasteiger partial charge in [-0.2, -0.15) is 5.10 Å². The summed E-state index contributed by atoms with van der Waals surface area (Å²) in [6.45, 7) is 2.54. The molecule has 0 atom stereocenters. The van der Waals surface area contributed by atoms with E-state index in [1.54, 1.807) is 10.9 Å². The van der Waals surface area contributed by atoms with Gasteiger partial charge in [0.15, 0.2) is 0 Å². The highest BCUT2D eigenvalue weighted by Crippen LogP contribution is 2.09. The molecule has 0 spiro atoms. The van der Waals surface area contributed by atoms with Gasteiger partial charge < -0.3 is 10.1 Å². The summed E-state index contributed by atoms with van der Waals surface area (Å²) in [7, 11) is 0. The molecule has 0 unspecified atom stereocenters. The van der Waals surface area contributed by atoms with Crippen molar-refractivity contribution in [2.45, 2.75) is 32.6 Å². The van der Waals surface area contributed by atoms with Crippen molar-refractivity contribution in [3.8, 4) is 5.69 Å². The number of benzene rings is 2. The second-order valence-corrected chi connectivity index (χ2v) is 7.18. The van der Waals surface area contributed by atoms with Crippen molar-refractivity contribution in [3.63, 3.8) is 0 Å². The number of ether oxygens (including phenoxy) is 1. The van der Waals surface area contributed by atoms with Gasteiger partial charge in [-0.25, -0.2) is 4.68 Å². The highest BCUT2D eigenvalue weighted by Gasteiger charge is 2.07. The standard InChI is InChI=1S/C24H27N3O3/c1-19-7-9-20(10-8-19)11-13-23(28)25-15-16-30-24(29)14-12-21-17-26-27(18-21)22-5-3-2-4-6-22/h2-10,17-18H,11-16H2,1H3,(H,25,28). The fourth-order valence-electron chi connectivity index (χ4n) is 2.99. The van der Waals surface area contributed by atoms with Crippen molar-refractivity contribution in [1.82, 2.24) is 15.1 Å². The topological polar surface area (TPSA) is 73.2 Å². The molecule has 0 radical (unpaired) electrons. The number of rotatable bonds is 10. The molecule has 1 heterocycles. The maximum atomic E-state index is 11.9. The Morgan fingerprint density at radius 1 is 0.967 bits per heavy atom. The molecule has 6 heteroatoms. The lowest BCUT2D eigenvalue weighted by Gasteiger charge is -2.07. The molecule has 30 heavy (non-hydrogen) atoms. The third kappa shape index (κ3) is 6.88. The number of esters is 1. The van der Waals surface area contributed by atoms with Crippen LogP contribution >= 0.6 is 0 Å². The number of aryl methyl sites for hydroxylation is 3. The lowest BCUT2D eigenvalue weighted by Crippen LogP contribution is -2.28. The van der Waals surface area contributed by atoms with E-state index in [1.807, 2.05) is 67.7 Å². The molecule has 0 saturated carbocycles. The molecule has 2 aromatic carbocycles. The average Bonchev–Trinajstić information content (AvgIpc) is 3.25. The Morgan fingerprint density at radius 2 is 1.70 bits per heavy atom. The van der Waals surface area contributed by atoms with Crippen molar-refractivity contribution in [2.75, 3.05) is 13.2 Å². The maximum absolute atomic E-state index is 11.9. The van der Waals surface area contributed by atoms with E-state index in [9.17, 15) is 9.59 Å². The Balaban J connectivity index is 1.28. The molecule has 3 aromatic rings. The van der Waals surface area contributed by atoms with Gasteiger partial charge in [0.1, 0.15) is 6.61 Å². The minimum absolute atomic E-state index is 0.0417. The zero-order valence-corrected chi connectivity index (χ0v) is 17.2. The van der Waals surface area contributed by atoms with Gasteiger partial charge >= 0.3 is 5.97 Å². The van der Waals surface area contributed by atoms with Crippen LogP contribution in [0.25, 0.3) is 5.69 Å². The number of carbonyl (C=O) groups is 2. The molecule has 0 saturated heterocycles. The summed E-state index contributed by atoms with van der Waals surface area (Å²) in [5.74, 6) is -0.323. The third-order valence-corrected chi connectivity index (χ3v) is 4.72. The smallest absolute Gasteiger partial charge is 0.306 e. The van der Waals surface area contributed by atoms with Crippen molar-refractivity contribution in [2.24, 2.45) is 0 Å². The Morgan fingerprint density at radius 3 is 2.47 bits per heavy atom. The van der Waals surface area contributed by atoms with Crippen LogP contribution in [0, 0.1) is 6.92 Å². The van der Waals surface area contributed by atoms with E-state index in [0.717, 1.165) is 16.8 Å². The molecule has 1 amide bonds. The van der Waals surface area contributed by atoms with Gasteiger partial charge in [0.2, 0.25) is 5.91 Å². The van der Waals surface area contributed by atoms with E-state index in [2.05, 4.69) is 10.4 Å². The summed E-state index contributed by atoms with van der Waals surface area (Å²) in [6.07, 6.45) is 5.63. The van der Waals surface area contributed by atoms with Gasteiger partial charge in [-0.1, -0.05) is 48.0 Å². The fraction of sp³-hybridized carbons (Fsp3) is 0.292. The second-order valence-electron chi connectivity index (χ2n) is 7.18. The van der Waals surface area contributed by atoms with Gasteiger partial charge in [0, 0.05) is 19.0 Å². The number of nitrogens with one attached hydrogen (secondary N) is 1. The largest absolute Gasteiger partial charge is 0.464 e. The molecule has 0 aliphatic rings. The fourth-order valence-corrected chi connectivity index (χ4v) is 2.99. The Labute approximate surface area is 176 Å².